The maximum absolute atomic E-state index is 12.6. The van der Waals surface area contributed by atoms with Crippen molar-refractivity contribution in [3.63, 3.8) is 0 Å². The van der Waals surface area contributed by atoms with Gasteiger partial charge in [0.2, 0.25) is 5.91 Å². The third kappa shape index (κ3) is 13.9. The molecule has 0 aromatic rings. The van der Waals surface area contributed by atoms with Crippen LogP contribution in [0.3, 0.4) is 0 Å². The van der Waals surface area contributed by atoms with Gasteiger partial charge in [-0.05, 0) is 58.1 Å². The van der Waals surface area contributed by atoms with E-state index >= 15 is 0 Å². The van der Waals surface area contributed by atoms with Gasteiger partial charge in [0.25, 0.3) is 0 Å². The van der Waals surface area contributed by atoms with Crippen molar-refractivity contribution in [3.8, 4) is 0 Å². The van der Waals surface area contributed by atoms with E-state index in [-0.39, 0.29) is 29.1 Å². The minimum absolute atomic E-state index is 0.0151. The summed E-state index contributed by atoms with van der Waals surface area (Å²) in [5, 5.41) is 11.7. The van der Waals surface area contributed by atoms with Crippen molar-refractivity contribution >= 4 is 18.5 Å². The number of hydrogen-bond donors (Lipinski definition) is 3. The Morgan fingerprint density at radius 2 is 1.40 bits per heavy atom. The molecular formula is C23H47NO5S. The van der Waals surface area contributed by atoms with E-state index in [2.05, 4.69) is 31.8 Å². The minimum Gasteiger partial charge on any atom is -0.394 e. The fraction of sp³-hybridized carbons (Fsp3) is 0.957. The SMILES string of the molecule is CC(C)(CS)CC(C)(C)C(=O)NCCOC(C)(C)CCOC(C)(C)CCOCCO. The first-order chi connectivity index (χ1) is 13.7. The molecule has 0 aliphatic rings. The molecule has 0 atom stereocenters. The van der Waals surface area contributed by atoms with E-state index in [9.17, 15) is 4.79 Å². The Balaban J connectivity index is 4.18. The lowest BCUT2D eigenvalue weighted by molar-refractivity contribution is -0.131. The van der Waals surface area contributed by atoms with Gasteiger partial charge >= 0.3 is 0 Å². The molecule has 2 N–H and O–H groups in total. The number of nitrogens with one attached hydrogen (secondary N) is 1. The molecule has 0 heterocycles. The molecule has 180 valence electrons. The van der Waals surface area contributed by atoms with Crippen LogP contribution < -0.4 is 5.32 Å². The number of carbonyl (C=O) groups excluding carboxylic acids is 1. The number of aliphatic hydroxyl groups excluding tert-OH is 1. The van der Waals surface area contributed by atoms with Crippen molar-refractivity contribution in [2.45, 2.75) is 85.9 Å². The predicted molar refractivity (Wildman–Crippen MR) is 126 cm³/mol. The lowest BCUT2D eigenvalue weighted by atomic mass is 9.75. The number of rotatable bonds is 17. The molecule has 0 spiro atoms. The third-order valence-electron chi connectivity index (χ3n) is 5.12. The Bertz CT molecular complexity index is 492. The fourth-order valence-corrected chi connectivity index (χ4v) is 3.38. The summed E-state index contributed by atoms with van der Waals surface area (Å²) in [6.07, 6.45) is 2.30. The summed E-state index contributed by atoms with van der Waals surface area (Å²) >= 11 is 4.39. The van der Waals surface area contributed by atoms with Gasteiger partial charge in [-0.25, -0.2) is 0 Å². The highest BCUT2D eigenvalue weighted by atomic mass is 32.1. The quantitative estimate of drug-likeness (QED) is 0.232. The van der Waals surface area contributed by atoms with Crippen LogP contribution in [0.15, 0.2) is 0 Å². The van der Waals surface area contributed by atoms with E-state index < -0.39 is 5.41 Å². The lowest BCUT2D eigenvalue weighted by Crippen LogP contribution is -2.42. The summed E-state index contributed by atoms with van der Waals surface area (Å²) in [6.45, 7) is 18.9. The summed E-state index contributed by atoms with van der Waals surface area (Å²) in [6, 6.07) is 0. The van der Waals surface area contributed by atoms with Gasteiger partial charge in [0.05, 0.1) is 37.6 Å². The standard InChI is InChI=1S/C23H47NO5S/c1-20(2,18-30)17-21(3,4)19(26)24-11-15-29-23(7,8)10-14-28-22(5,6)9-13-27-16-12-25/h25,30H,9-18H2,1-8H3,(H,24,26). The third-order valence-corrected chi connectivity index (χ3v) is 5.98. The molecule has 1 amide bonds. The smallest absolute Gasteiger partial charge is 0.225 e. The van der Waals surface area contributed by atoms with Crippen molar-refractivity contribution in [2.75, 3.05) is 45.3 Å². The molecule has 0 aromatic heterocycles. The second-order valence-electron chi connectivity index (χ2n) is 10.7. The zero-order chi connectivity index (χ0) is 23.5. The Morgan fingerprint density at radius 3 is 1.93 bits per heavy atom. The normalized spacial score (nSPS) is 13.5. The van der Waals surface area contributed by atoms with Gasteiger partial charge in [-0.3, -0.25) is 4.79 Å². The van der Waals surface area contributed by atoms with Crippen LogP contribution >= 0.6 is 12.6 Å². The van der Waals surface area contributed by atoms with Crippen LogP contribution in [-0.2, 0) is 19.0 Å². The van der Waals surface area contributed by atoms with E-state index in [0.29, 0.717) is 33.0 Å². The Hall–Kier alpha value is -0.340. The summed E-state index contributed by atoms with van der Waals surface area (Å²) in [5.74, 6) is 0.794. The Kier molecular flexibility index (Phi) is 13.1. The molecule has 6 nitrogen and oxygen atoms in total. The molecule has 0 radical (unpaired) electrons. The number of amides is 1. The van der Waals surface area contributed by atoms with Crippen molar-refractivity contribution in [1.29, 1.82) is 0 Å². The van der Waals surface area contributed by atoms with Gasteiger partial charge in [0, 0.05) is 18.6 Å². The topological polar surface area (TPSA) is 77.0 Å². The zero-order valence-corrected chi connectivity index (χ0v) is 21.5. The molecule has 0 bridgehead atoms. The van der Waals surface area contributed by atoms with Gasteiger partial charge in [-0.15, -0.1) is 0 Å². The lowest BCUT2D eigenvalue weighted by Gasteiger charge is -2.33. The number of aliphatic hydroxyl groups is 1. The molecule has 0 saturated carbocycles. The first kappa shape index (κ1) is 29.7. The van der Waals surface area contributed by atoms with Crippen LogP contribution in [-0.4, -0.2) is 67.5 Å². The van der Waals surface area contributed by atoms with Gasteiger partial charge in [0.15, 0.2) is 0 Å². The number of carbonyl (C=O) groups is 1. The predicted octanol–water partition coefficient (Wildman–Crippen LogP) is 3.85. The molecule has 0 rings (SSSR count). The monoisotopic (exact) mass is 449 g/mol. The average molecular weight is 450 g/mol. The zero-order valence-electron chi connectivity index (χ0n) is 20.6. The van der Waals surface area contributed by atoms with Crippen molar-refractivity contribution in [1.82, 2.24) is 5.32 Å². The van der Waals surface area contributed by atoms with E-state index in [4.69, 9.17) is 19.3 Å². The maximum atomic E-state index is 12.6. The fourth-order valence-electron chi connectivity index (χ4n) is 3.27. The van der Waals surface area contributed by atoms with Crippen molar-refractivity contribution in [2.24, 2.45) is 10.8 Å². The first-order valence-corrected chi connectivity index (χ1v) is 11.7. The maximum Gasteiger partial charge on any atom is 0.225 e. The molecule has 0 unspecified atom stereocenters. The molecule has 0 fully saturated rings. The highest BCUT2D eigenvalue weighted by Crippen LogP contribution is 2.34. The molecule has 0 aromatic carbocycles. The van der Waals surface area contributed by atoms with E-state index in [0.717, 1.165) is 25.0 Å². The molecule has 30 heavy (non-hydrogen) atoms. The molecular weight excluding hydrogens is 402 g/mol. The number of hydrogen-bond acceptors (Lipinski definition) is 6. The number of thiol groups is 1. The highest BCUT2D eigenvalue weighted by Gasteiger charge is 2.34. The van der Waals surface area contributed by atoms with Crippen LogP contribution in [0.1, 0.15) is 74.7 Å². The van der Waals surface area contributed by atoms with E-state index in [1.54, 1.807) is 0 Å². The largest absolute Gasteiger partial charge is 0.394 e. The molecule has 0 saturated heterocycles. The van der Waals surface area contributed by atoms with Crippen LogP contribution in [0.5, 0.6) is 0 Å². The molecule has 0 aliphatic heterocycles. The summed E-state index contributed by atoms with van der Waals surface area (Å²) in [4.78, 5) is 12.6. The van der Waals surface area contributed by atoms with E-state index in [1.165, 1.54) is 0 Å². The highest BCUT2D eigenvalue weighted by molar-refractivity contribution is 7.80. The van der Waals surface area contributed by atoms with Crippen LogP contribution in [0.4, 0.5) is 0 Å². The van der Waals surface area contributed by atoms with Gasteiger partial charge in [-0.2, -0.15) is 12.6 Å². The van der Waals surface area contributed by atoms with Crippen LogP contribution in [0.2, 0.25) is 0 Å². The number of ether oxygens (including phenoxy) is 3. The van der Waals surface area contributed by atoms with Gasteiger partial charge in [-0.1, -0.05) is 27.7 Å². The van der Waals surface area contributed by atoms with Crippen LogP contribution in [0, 0.1) is 10.8 Å². The van der Waals surface area contributed by atoms with Crippen molar-refractivity contribution < 1.29 is 24.1 Å². The summed E-state index contributed by atoms with van der Waals surface area (Å²) in [7, 11) is 0. The summed E-state index contributed by atoms with van der Waals surface area (Å²) < 4.78 is 17.3. The summed E-state index contributed by atoms with van der Waals surface area (Å²) in [5.41, 5.74) is -1.05. The second kappa shape index (κ2) is 13.3. The second-order valence-corrected chi connectivity index (χ2v) is 11.0. The van der Waals surface area contributed by atoms with Gasteiger partial charge in [0.1, 0.15) is 0 Å². The van der Waals surface area contributed by atoms with Gasteiger partial charge < -0.3 is 24.6 Å². The van der Waals surface area contributed by atoms with Crippen LogP contribution in [0.25, 0.3) is 0 Å². The first-order valence-electron chi connectivity index (χ1n) is 11.0. The Labute approximate surface area is 190 Å². The minimum atomic E-state index is -0.442. The molecule has 0 aliphatic carbocycles. The Morgan fingerprint density at radius 1 is 0.867 bits per heavy atom. The van der Waals surface area contributed by atoms with E-state index in [1.807, 2.05) is 41.5 Å². The van der Waals surface area contributed by atoms with Crippen molar-refractivity contribution in [3.05, 3.63) is 0 Å². The molecule has 7 heteroatoms. The average Bonchev–Trinajstić information content (AvgIpc) is 2.61.